The van der Waals surface area contributed by atoms with Crippen molar-refractivity contribution in [3.8, 4) is 0 Å². The molecule has 0 radical (unpaired) electrons. The van der Waals surface area contributed by atoms with Crippen LogP contribution in [0.15, 0.2) is 42.5 Å². The fraction of sp³-hybridized carbons (Fsp3) is 0.444. The Balaban J connectivity index is 1.39. The van der Waals surface area contributed by atoms with Gasteiger partial charge in [0.2, 0.25) is 0 Å². The average Bonchev–Trinajstić information content (AvgIpc) is 3.13. The third-order valence-corrected chi connectivity index (χ3v) is 5.19. The second-order valence-electron chi connectivity index (χ2n) is 5.92. The zero-order chi connectivity index (χ0) is 14.5. The van der Waals surface area contributed by atoms with Crippen LogP contribution in [0.4, 0.5) is 0 Å². The third kappa shape index (κ3) is 4.40. The zero-order valence-corrected chi connectivity index (χ0v) is 13.5. The lowest BCUT2D eigenvalue weighted by molar-refractivity contribution is 0.331. The zero-order valence-electron chi connectivity index (χ0n) is 12.7. The molecule has 0 spiro atoms. The lowest BCUT2D eigenvalue weighted by atomic mass is 10.1. The minimum atomic E-state index is 0.656. The summed E-state index contributed by atoms with van der Waals surface area (Å²) in [6.45, 7) is 6.80. The lowest BCUT2D eigenvalue weighted by Crippen LogP contribution is -2.32. The van der Waals surface area contributed by atoms with Gasteiger partial charge in [-0.15, -0.1) is 11.3 Å². The molecule has 1 fully saturated rings. The second kappa shape index (κ2) is 7.21. The standard InChI is InChI=1S/C18H24N2S/c1-15-7-8-18(21-15)13-19-17-10-12-20(14-17)11-9-16-5-3-2-4-6-16/h2-8,17,19H,9-14H2,1H3. The summed E-state index contributed by atoms with van der Waals surface area (Å²) >= 11 is 1.90. The highest BCUT2D eigenvalue weighted by atomic mass is 32.1. The van der Waals surface area contributed by atoms with Crippen molar-refractivity contribution in [3.63, 3.8) is 0 Å². The Kier molecular flexibility index (Phi) is 5.07. The van der Waals surface area contributed by atoms with Gasteiger partial charge in [0.15, 0.2) is 0 Å². The van der Waals surface area contributed by atoms with Gasteiger partial charge in [-0.2, -0.15) is 0 Å². The molecule has 1 unspecified atom stereocenters. The van der Waals surface area contributed by atoms with Crippen LogP contribution in [0.5, 0.6) is 0 Å². The van der Waals surface area contributed by atoms with Crippen LogP contribution in [0, 0.1) is 6.92 Å². The van der Waals surface area contributed by atoms with E-state index in [2.05, 4.69) is 59.6 Å². The molecular weight excluding hydrogens is 276 g/mol. The van der Waals surface area contributed by atoms with E-state index < -0.39 is 0 Å². The SMILES string of the molecule is Cc1ccc(CNC2CCN(CCc3ccccc3)C2)s1. The van der Waals surface area contributed by atoms with Crippen LogP contribution in [0.2, 0.25) is 0 Å². The molecule has 1 saturated heterocycles. The molecule has 112 valence electrons. The van der Waals surface area contributed by atoms with E-state index >= 15 is 0 Å². The fourth-order valence-corrected chi connectivity index (χ4v) is 3.80. The largest absolute Gasteiger partial charge is 0.308 e. The highest BCUT2D eigenvalue weighted by Crippen LogP contribution is 2.16. The molecule has 1 atom stereocenters. The molecule has 1 aliphatic heterocycles. The van der Waals surface area contributed by atoms with Gasteiger partial charge in [0.05, 0.1) is 0 Å². The summed E-state index contributed by atoms with van der Waals surface area (Å²) in [7, 11) is 0. The van der Waals surface area contributed by atoms with Gasteiger partial charge in [-0.05, 0) is 44.0 Å². The predicted molar refractivity (Wildman–Crippen MR) is 90.9 cm³/mol. The number of benzene rings is 1. The Morgan fingerprint density at radius 2 is 2.05 bits per heavy atom. The maximum absolute atomic E-state index is 3.71. The Hall–Kier alpha value is -1.16. The van der Waals surface area contributed by atoms with Gasteiger partial charge in [-0.1, -0.05) is 30.3 Å². The van der Waals surface area contributed by atoms with Crippen molar-refractivity contribution in [1.29, 1.82) is 0 Å². The van der Waals surface area contributed by atoms with Gasteiger partial charge in [-0.3, -0.25) is 0 Å². The number of nitrogens with one attached hydrogen (secondary N) is 1. The molecule has 0 saturated carbocycles. The van der Waals surface area contributed by atoms with Gasteiger partial charge in [0.25, 0.3) is 0 Å². The topological polar surface area (TPSA) is 15.3 Å². The maximum Gasteiger partial charge on any atom is 0.0302 e. The van der Waals surface area contributed by atoms with E-state index in [1.54, 1.807) is 0 Å². The quantitative estimate of drug-likeness (QED) is 0.879. The summed E-state index contributed by atoms with van der Waals surface area (Å²) in [5, 5.41) is 3.71. The summed E-state index contributed by atoms with van der Waals surface area (Å²) in [4.78, 5) is 5.45. The van der Waals surface area contributed by atoms with Gasteiger partial charge < -0.3 is 10.2 Å². The molecule has 21 heavy (non-hydrogen) atoms. The number of likely N-dealkylation sites (tertiary alicyclic amines) is 1. The first kappa shape index (κ1) is 14.8. The van der Waals surface area contributed by atoms with Crippen LogP contribution in [0.25, 0.3) is 0 Å². The highest BCUT2D eigenvalue weighted by Gasteiger charge is 2.21. The van der Waals surface area contributed by atoms with E-state index in [1.807, 2.05) is 11.3 Å². The molecule has 3 heteroatoms. The molecule has 2 nitrogen and oxygen atoms in total. The Morgan fingerprint density at radius 3 is 2.81 bits per heavy atom. The summed E-state index contributed by atoms with van der Waals surface area (Å²) < 4.78 is 0. The van der Waals surface area contributed by atoms with Crippen LogP contribution in [-0.4, -0.2) is 30.6 Å². The summed E-state index contributed by atoms with van der Waals surface area (Å²) in [6.07, 6.45) is 2.44. The van der Waals surface area contributed by atoms with Crippen LogP contribution in [-0.2, 0) is 13.0 Å². The Labute approximate surface area is 131 Å². The first-order valence-corrected chi connectivity index (χ1v) is 8.66. The van der Waals surface area contributed by atoms with E-state index in [-0.39, 0.29) is 0 Å². The molecule has 1 aromatic heterocycles. The molecule has 2 heterocycles. The van der Waals surface area contributed by atoms with Crippen molar-refractivity contribution in [2.75, 3.05) is 19.6 Å². The predicted octanol–water partition coefficient (Wildman–Crippen LogP) is 3.46. The minimum absolute atomic E-state index is 0.656. The number of thiophene rings is 1. The maximum atomic E-state index is 3.71. The first-order valence-electron chi connectivity index (χ1n) is 7.84. The van der Waals surface area contributed by atoms with Crippen LogP contribution in [0.3, 0.4) is 0 Å². The minimum Gasteiger partial charge on any atom is -0.308 e. The van der Waals surface area contributed by atoms with Crippen molar-refractivity contribution in [1.82, 2.24) is 10.2 Å². The van der Waals surface area contributed by atoms with E-state index in [1.165, 1.54) is 41.4 Å². The van der Waals surface area contributed by atoms with Gasteiger partial charge >= 0.3 is 0 Å². The average molecular weight is 300 g/mol. The van der Waals surface area contributed by atoms with Crippen molar-refractivity contribution in [2.24, 2.45) is 0 Å². The van der Waals surface area contributed by atoms with Gasteiger partial charge in [0.1, 0.15) is 0 Å². The van der Waals surface area contributed by atoms with E-state index in [4.69, 9.17) is 0 Å². The van der Waals surface area contributed by atoms with E-state index in [0.29, 0.717) is 6.04 Å². The fourth-order valence-electron chi connectivity index (χ4n) is 2.96. The molecule has 1 aromatic carbocycles. The number of rotatable bonds is 6. The number of hydrogen-bond acceptors (Lipinski definition) is 3. The van der Waals surface area contributed by atoms with Crippen LogP contribution < -0.4 is 5.32 Å². The molecule has 0 bridgehead atoms. The summed E-state index contributed by atoms with van der Waals surface area (Å²) in [5.41, 5.74) is 1.45. The van der Waals surface area contributed by atoms with Crippen molar-refractivity contribution in [3.05, 3.63) is 57.8 Å². The molecule has 1 N–H and O–H groups in total. The monoisotopic (exact) mass is 300 g/mol. The summed E-state index contributed by atoms with van der Waals surface area (Å²) in [6, 6.07) is 15.9. The highest BCUT2D eigenvalue weighted by molar-refractivity contribution is 7.11. The normalized spacial score (nSPS) is 19.2. The van der Waals surface area contributed by atoms with Crippen molar-refractivity contribution >= 4 is 11.3 Å². The molecule has 0 aliphatic carbocycles. The lowest BCUT2D eigenvalue weighted by Gasteiger charge is -2.16. The number of hydrogen-bond donors (Lipinski definition) is 1. The van der Waals surface area contributed by atoms with Crippen LogP contribution >= 0.6 is 11.3 Å². The first-order chi connectivity index (χ1) is 10.3. The van der Waals surface area contributed by atoms with Gasteiger partial charge in [-0.25, -0.2) is 0 Å². The Morgan fingerprint density at radius 1 is 1.19 bits per heavy atom. The molecule has 3 rings (SSSR count). The van der Waals surface area contributed by atoms with Crippen molar-refractivity contribution < 1.29 is 0 Å². The van der Waals surface area contributed by atoms with Crippen LogP contribution in [0.1, 0.15) is 21.7 Å². The Bertz CT molecular complexity index is 549. The van der Waals surface area contributed by atoms with E-state index in [9.17, 15) is 0 Å². The smallest absolute Gasteiger partial charge is 0.0302 e. The summed E-state index contributed by atoms with van der Waals surface area (Å²) in [5.74, 6) is 0. The molecule has 1 aliphatic rings. The van der Waals surface area contributed by atoms with E-state index in [0.717, 1.165) is 13.0 Å². The third-order valence-electron chi connectivity index (χ3n) is 4.19. The van der Waals surface area contributed by atoms with Crippen molar-refractivity contribution in [2.45, 2.75) is 32.4 Å². The number of nitrogens with zero attached hydrogens (tertiary/aromatic N) is 1. The van der Waals surface area contributed by atoms with Gasteiger partial charge in [0, 0.05) is 35.4 Å². The molecule has 0 amide bonds. The molecule has 2 aromatic rings. The molecular formula is C18H24N2S. The second-order valence-corrected chi connectivity index (χ2v) is 7.29. The number of aryl methyl sites for hydroxylation is 1.